The van der Waals surface area contributed by atoms with Crippen LogP contribution in [0.1, 0.15) is 27.2 Å². The van der Waals surface area contributed by atoms with Crippen molar-refractivity contribution in [1.29, 1.82) is 0 Å². The standard InChI is InChI=1S/C10H17NO2S/c1-10(2,3)7(6-8(12)13)9-11-4-5-14-9/h7H,4-6H2,1-3H3,(H,12,13). The van der Waals surface area contributed by atoms with E-state index in [0.29, 0.717) is 0 Å². The van der Waals surface area contributed by atoms with E-state index in [0.717, 1.165) is 17.3 Å². The highest BCUT2D eigenvalue weighted by Gasteiger charge is 2.32. The first-order valence-electron chi connectivity index (χ1n) is 4.80. The zero-order valence-corrected chi connectivity index (χ0v) is 9.73. The Kier molecular flexibility index (Phi) is 3.59. The molecule has 1 rings (SSSR count). The van der Waals surface area contributed by atoms with Crippen LogP contribution >= 0.6 is 11.8 Å². The van der Waals surface area contributed by atoms with Gasteiger partial charge < -0.3 is 5.11 Å². The van der Waals surface area contributed by atoms with E-state index >= 15 is 0 Å². The summed E-state index contributed by atoms with van der Waals surface area (Å²) in [5.41, 5.74) is -0.0193. The first-order valence-corrected chi connectivity index (χ1v) is 5.79. The molecule has 1 aliphatic rings. The molecule has 80 valence electrons. The van der Waals surface area contributed by atoms with Crippen LogP contribution in [-0.2, 0) is 4.79 Å². The molecular formula is C10H17NO2S. The fourth-order valence-corrected chi connectivity index (χ4v) is 2.71. The Bertz CT molecular complexity index is 255. The lowest BCUT2D eigenvalue weighted by Crippen LogP contribution is -2.28. The first kappa shape index (κ1) is 11.6. The van der Waals surface area contributed by atoms with E-state index < -0.39 is 5.97 Å². The van der Waals surface area contributed by atoms with E-state index in [1.807, 2.05) is 0 Å². The molecule has 4 heteroatoms. The lowest BCUT2D eigenvalue weighted by atomic mass is 9.79. The number of aliphatic carboxylic acids is 1. The van der Waals surface area contributed by atoms with Gasteiger partial charge in [-0.25, -0.2) is 0 Å². The number of aliphatic imine (C=N–C) groups is 1. The van der Waals surface area contributed by atoms with Crippen molar-refractivity contribution in [1.82, 2.24) is 0 Å². The number of rotatable bonds is 3. The largest absolute Gasteiger partial charge is 0.481 e. The molecule has 0 saturated carbocycles. The summed E-state index contributed by atoms with van der Waals surface area (Å²) in [6.45, 7) is 7.05. The minimum absolute atomic E-state index is 0.0193. The van der Waals surface area contributed by atoms with E-state index in [-0.39, 0.29) is 17.8 Å². The van der Waals surface area contributed by atoms with Crippen molar-refractivity contribution >= 4 is 22.8 Å². The predicted molar refractivity (Wildman–Crippen MR) is 60.0 cm³/mol. The normalized spacial score (nSPS) is 19.2. The Morgan fingerprint density at radius 2 is 2.29 bits per heavy atom. The molecule has 0 aliphatic carbocycles. The van der Waals surface area contributed by atoms with Crippen LogP contribution in [0.2, 0.25) is 0 Å². The van der Waals surface area contributed by atoms with E-state index in [9.17, 15) is 4.79 Å². The molecule has 1 N–H and O–H groups in total. The SMILES string of the molecule is CC(C)(C)C(CC(=O)O)C1=NCCS1. The maximum Gasteiger partial charge on any atom is 0.304 e. The Morgan fingerprint density at radius 1 is 1.64 bits per heavy atom. The zero-order valence-electron chi connectivity index (χ0n) is 8.91. The first-order chi connectivity index (χ1) is 6.41. The van der Waals surface area contributed by atoms with Crippen LogP contribution in [0.5, 0.6) is 0 Å². The van der Waals surface area contributed by atoms with Gasteiger partial charge in [-0.15, -0.1) is 11.8 Å². The van der Waals surface area contributed by atoms with E-state index in [2.05, 4.69) is 25.8 Å². The molecule has 1 unspecified atom stereocenters. The Hall–Kier alpha value is -0.510. The van der Waals surface area contributed by atoms with Gasteiger partial charge in [0.05, 0.1) is 11.5 Å². The van der Waals surface area contributed by atoms with Gasteiger partial charge in [0, 0.05) is 18.2 Å². The minimum atomic E-state index is -0.736. The summed E-state index contributed by atoms with van der Waals surface area (Å²) in [6, 6.07) is 0. The van der Waals surface area contributed by atoms with Crippen LogP contribution in [0.25, 0.3) is 0 Å². The van der Waals surface area contributed by atoms with Crippen molar-refractivity contribution < 1.29 is 9.90 Å². The second-order valence-electron chi connectivity index (χ2n) is 4.58. The van der Waals surface area contributed by atoms with Crippen LogP contribution in [0.15, 0.2) is 4.99 Å². The third-order valence-electron chi connectivity index (χ3n) is 2.33. The molecule has 0 saturated heterocycles. The smallest absolute Gasteiger partial charge is 0.304 e. The molecule has 0 aromatic rings. The Morgan fingerprint density at radius 3 is 2.64 bits per heavy atom. The number of nitrogens with zero attached hydrogens (tertiary/aromatic N) is 1. The zero-order chi connectivity index (χ0) is 10.8. The summed E-state index contributed by atoms with van der Waals surface area (Å²) in [4.78, 5) is 15.1. The molecule has 0 aromatic heterocycles. The van der Waals surface area contributed by atoms with Crippen molar-refractivity contribution in [2.45, 2.75) is 27.2 Å². The van der Waals surface area contributed by atoms with Gasteiger partial charge in [-0.3, -0.25) is 9.79 Å². The van der Waals surface area contributed by atoms with E-state index in [1.54, 1.807) is 11.8 Å². The van der Waals surface area contributed by atoms with Crippen LogP contribution in [0.4, 0.5) is 0 Å². The van der Waals surface area contributed by atoms with Crippen molar-refractivity contribution in [3.05, 3.63) is 0 Å². The number of carboxylic acids is 1. The number of carboxylic acid groups (broad SMARTS) is 1. The molecule has 3 nitrogen and oxygen atoms in total. The summed E-state index contributed by atoms with van der Waals surface area (Å²) >= 11 is 1.71. The van der Waals surface area contributed by atoms with Gasteiger partial charge in [-0.05, 0) is 5.41 Å². The molecule has 0 fully saturated rings. The number of carbonyl (C=O) groups is 1. The van der Waals surface area contributed by atoms with Gasteiger partial charge in [0.2, 0.25) is 0 Å². The molecule has 0 amide bonds. The second kappa shape index (κ2) is 4.34. The molecular weight excluding hydrogens is 198 g/mol. The van der Waals surface area contributed by atoms with Crippen molar-refractivity contribution in [2.75, 3.05) is 12.3 Å². The van der Waals surface area contributed by atoms with Crippen molar-refractivity contribution in [3.8, 4) is 0 Å². The van der Waals surface area contributed by atoms with Crippen LogP contribution < -0.4 is 0 Å². The van der Waals surface area contributed by atoms with Crippen molar-refractivity contribution in [2.24, 2.45) is 16.3 Å². The molecule has 1 aliphatic heterocycles. The van der Waals surface area contributed by atoms with Gasteiger partial charge in [0.15, 0.2) is 0 Å². The summed E-state index contributed by atoms with van der Waals surface area (Å²) < 4.78 is 0. The molecule has 0 spiro atoms. The average molecular weight is 215 g/mol. The molecule has 1 heterocycles. The topological polar surface area (TPSA) is 49.7 Å². The molecule has 0 radical (unpaired) electrons. The highest BCUT2D eigenvalue weighted by molar-refractivity contribution is 8.14. The molecule has 0 aromatic carbocycles. The third kappa shape index (κ3) is 3.01. The Labute approximate surface area is 89.0 Å². The van der Waals surface area contributed by atoms with Crippen molar-refractivity contribution in [3.63, 3.8) is 0 Å². The van der Waals surface area contributed by atoms with Crippen LogP contribution in [0.3, 0.4) is 0 Å². The van der Waals surface area contributed by atoms with E-state index in [1.165, 1.54) is 0 Å². The predicted octanol–water partition coefficient (Wildman–Crippen LogP) is 2.27. The monoisotopic (exact) mass is 215 g/mol. The maximum absolute atomic E-state index is 10.7. The number of hydrogen-bond donors (Lipinski definition) is 1. The minimum Gasteiger partial charge on any atom is -0.481 e. The van der Waals surface area contributed by atoms with E-state index in [4.69, 9.17) is 5.11 Å². The molecule has 0 bridgehead atoms. The lowest BCUT2D eigenvalue weighted by molar-refractivity contribution is -0.138. The van der Waals surface area contributed by atoms with Gasteiger partial charge in [-0.1, -0.05) is 20.8 Å². The van der Waals surface area contributed by atoms with Gasteiger partial charge in [-0.2, -0.15) is 0 Å². The van der Waals surface area contributed by atoms with Gasteiger partial charge in [0.25, 0.3) is 0 Å². The lowest BCUT2D eigenvalue weighted by Gasteiger charge is -2.29. The summed E-state index contributed by atoms with van der Waals surface area (Å²) in [5, 5.41) is 9.87. The average Bonchev–Trinajstić information content (AvgIpc) is 2.49. The Balaban J connectivity index is 2.76. The highest BCUT2D eigenvalue weighted by Crippen LogP contribution is 2.35. The van der Waals surface area contributed by atoms with Gasteiger partial charge in [0.1, 0.15) is 0 Å². The fraction of sp³-hybridized carbons (Fsp3) is 0.800. The second-order valence-corrected chi connectivity index (χ2v) is 5.70. The third-order valence-corrected chi connectivity index (χ3v) is 3.43. The van der Waals surface area contributed by atoms with Gasteiger partial charge >= 0.3 is 5.97 Å². The molecule has 14 heavy (non-hydrogen) atoms. The van der Waals surface area contributed by atoms with Crippen LogP contribution in [-0.4, -0.2) is 28.4 Å². The number of thioether (sulfide) groups is 1. The maximum atomic E-state index is 10.7. The highest BCUT2D eigenvalue weighted by atomic mass is 32.2. The summed E-state index contributed by atoms with van der Waals surface area (Å²) in [7, 11) is 0. The number of hydrogen-bond acceptors (Lipinski definition) is 3. The summed E-state index contributed by atoms with van der Waals surface area (Å²) in [6.07, 6.45) is 0.190. The quantitative estimate of drug-likeness (QED) is 0.785. The molecule has 1 atom stereocenters. The fourth-order valence-electron chi connectivity index (χ4n) is 1.50. The van der Waals surface area contributed by atoms with Crippen LogP contribution in [0, 0.1) is 11.3 Å². The summed E-state index contributed by atoms with van der Waals surface area (Å²) in [5.74, 6) is 0.328.